The van der Waals surface area contributed by atoms with E-state index in [1.165, 1.54) is 0 Å². The maximum absolute atomic E-state index is 6.26. The van der Waals surface area contributed by atoms with Crippen molar-refractivity contribution in [2.75, 3.05) is 0 Å². The van der Waals surface area contributed by atoms with Crippen LogP contribution < -0.4 is 0 Å². The number of benzene rings is 2. The van der Waals surface area contributed by atoms with Gasteiger partial charge >= 0.3 is 0 Å². The summed E-state index contributed by atoms with van der Waals surface area (Å²) in [5.41, 5.74) is 1.94. The molecule has 0 amide bonds. The largest absolute Gasteiger partial charge is 0.368 e. The lowest BCUT2D eigenvalue weighted by molar-refractivity contribution is -0.184. The normalized spacial score (nSPS) is 30.7. The predicted octanol–water partition coefficient (Wildman–Crippen LogP) is 4.72. The first-order valence-corrected chi connectivity index (χ1v) is 9.37. The third-order valence-corrected chi connectivity index (χ3v) is 5.23. The van der Waals surface area contributed by atoms with Gasteiger partial charge in [-0.3, -0.25) is 0 Å². The number of rotatable bonds is 5. The van der Waals surface area contributed by atoms with E-state index in [0.29, 0.717) is 17.5 Å². The Bertz CT molecular complexity index is 736. The van der Waals surface area contributed by atoms with Crippen molar-refractivity contribution in [2.24, 2.45) is 5.92 Å². The number of fused-ring (bicyclic) bond motifs is 1. The SMILES string of the molecule is CC(C)[C@H]1O[C@@H]2OC(c3ccccc3)O[C@@H]2[C@H]1OCc1ccccc1Cl. The summed E-state index contributed by atoms with van der Waals surface area (Å²) in [7, 11) is 0. The summed E-state index contributed by atoms with van der Waals surface area (Å²) in [5.74, 6) is 0.291. The van der Waals surface area contributed by atoms with Crippen molar-refractivity contribution < 1.29 is 18.9 Å². The zero-order valence-corrected chi connectivity index (χ0v) is 15.6. The van der Waals surface area contributed by atoms with Crippen molar-refractivity contribution >= 4 is 11.6 Å². The van der Waals surface area contributed by atoms with Gasteiger partial charge in [0.25, 0.3) is 0 Å². The molecule has 0 radical (unpaired) electrons. The average molecular weight is 375 g/mol. The summed E-state index contributed by atoms with van der Waals surface area (Å²) in [6, 6.07) is 17.6. The van der Waals surface area contributed by atoms with Crippen LogP contribution in [0.5, 0.6) is 0 Å². The molecule has 0 spiro atoms. The molecule has 2 aliphatic heterocycles. The van der Waals surface area contributed by atoms with E-state index in [2.05, 4.69) is 13.8 Å². The maximum Gasteiger partial charge on any atom is 0.190 e. The zero-order chi connectivity index (χ0) is 18.1. The van der Waals surface area contributed by atoms with Gasteiger partial charge in [-0.25, -0.2) is 0 Å². The highest BCUT2D eigenvalue weighted by Gasteiger charge is 2.53. The number of hydrogen-bond donors (Lipinski definition) is 0. The first kappa shape index (κ1) is 18.0. The van der Waals surface area contributed by atoms with Crippen molar-refractivity contribution in [3.8, 4) is 0 Å². The van der Waals surface area contributed by atoms with Gasteiger partial charge in [-0.15, -0.1) is 0 Å². The van der Waals surface area contributed by atoms with Crippen molar-refractivity contribution in [2.45, 2.75) is 51.3 Å². The van der Waals surface area contributed by atoms with E-state index in [1.807, 2.05) is 54.6 Å². The van der Waals surface area contributed by atoms with Crippen molar-refractivity contribution in [1.82, 2.24) is 0 Å². The summed E-state index contributed by atoms with van der Waals surface area (Å²) in [4.78, 5) is 0. The van der Waals surface area contributed by atoms with Crippen molar-refractivity contribution in [3.63, 3.8) is 0 Å². The highest BCUT2D eigenvalue weighted by molar-refractivity contribution is 6.31. The predicted molar refractivity (Wildman–Crippen MR) is 98.7 cm³/mol. The lowest BCUT2D eigenvalue weighted by Crippen LogP contribution is -2.37. The fraction of sp³-hybridized carbons (Fsp3) is 0.429. The first-order chi connectivity index (χ1) is 12.6. The van der Waals surface area contributed by atoms with E-state index < -0.39 is 12.6 Å². The molecule has 138 valence electrons. The van der Waals surface area contributed by atoms with Crippen LogP contribution in [0.1, 0.15) is 31.3 Å². The third kappa shape index (κ3) is 3.53. The molecular formula is C21H23ClO4. The van der Waals surface area contributed by atoms with Gasteiger partial charge < -0.3 is 18.9 Å². The van der Waals surface area contributed by atoms with E-state index in [-0.39, 0.29) is 18.3 Å². The van der Waals surface area contributed by atoms with E-state index in [0.717, 1.165) is 11.1 Å². The monoisotopic (exact) mass is 374 g/mol. The fourth-order valence-corrected chi connectivity index (χ4v) is 3.68. The number of halogens is 1. The second-order valence-corrected chi connectivity index (χ2v) is 7.47. The van der Waals surface area contributed by atoms with Crippen LogP contribution in [-0.4, -0.2) is 24.6 Å². The van der Waals surface area contributed by atoms with E-state index in [9.17, 15) is 0 Å². The number of ether oxygens (including phenoxy) is 4. The van der Waals surface area contributed by atoms with Gasteiger partial charge in [0.1, 0.15) is 12.2 Å². The quantitative estimate of drug-likeness (QED) is 0.758. The summed E-state index contributed by atoms with van der Waals surface area (Å²) in [6.45, 7) is 4.65. The molecule has 4 nitrogen and oxygen atoms in total. The molecule has 0 bridgehead atoms. The lowest BCUT2D eigenvalue weighted by Gasteiger charge is -2.26. The summed E-state index contributed by atoms with van der Waals surface area (Å²) in [5, 5.41) is 0.704. The van der Waals surface area contributed by atoms with E-state index in [4.69, 9.17) is 30.5 Å². The Hall–Kier alpha value is -1.43. The summed E-state index contributed by atoms with van der Waals surface area (Å²) < 4.78 is 24.5. The van der Waals surface area contributed by atoms with Crippen LogP contribution in [0.3, 0.4) is 0 Å². The maximum atomic E-state index is 6.26. The molecule has 1 unspecified atom stereocenters. The Morgan fingerprint density at radius 1 is 0.962 bits per heavy atom. The second kappa shape index (κ2) is 7.67. The zero-order valence-electron chi connectivity index (χ0n) is 14.9. The van der Waals surface area contributed by atoms with Crippen LogP contribution >= 0.6 is 11.6 Å². The van der Waals surface area contributed by atoms with Gasteiger partial charge in [0.2, 0.25) is 0 Å². The highest BCUT2D eigenvalue weighted by Crippen LogP contribution is 2.42. The molecular weight excluding hydrogens is 352 g/mol. The Kier molecular flexibility index (Phi) is 5.30. The van der Waals surface area contributed by atoms with Crippen molar-refractivity contribution in [1.29, 1.82) is 0 Å². The second-order valence-electron chi connectivity index (χ2n) is 7.06. The van der Waals surface area contributed by atoms with Crippen LogP contribution in [0, 0.1) is 5.92 Å². The van der Waals surface area contributed by atoms with Crippen molar-refractivity contribution in [3.05, 3.63) is 70.7 Å². The van der Waals surface area contributed by atoms with E-state index in [1.54, 1.807) is 0 Å². The standard InChI is InChI=1S/C21H23ClO4/c1-13(2)17-18(23-12-15-10-6-7-11-16(15)22)19-21(24-17)26-20(25-19)14-8-4-3-5-9-14/h3-11,13,17-21H,12H2,1-2H3/t17-,18+,19-,20?,21-/m1/s1. The summed E-state index contributed by atoms with van der Waals surface area (Å²) in [6.07, 6.45) is -1.38. The molecule has 0 aliphatic carbocycles. The Morgan fingerprint density at radius 3 is 2.42 bits per heavy atom. The minimum Gasteiger partial charge on any atom is -0.368 e. The first-order valence-electron chi connectivity index (χ1n) is 9.00. The molecule has 2 aromatic carbocycles. The van der Waals surface area contributed by atoms with Crippen LogP contribution in [-0.2, 0) is 25.6 Å². The molecule has 4 rings (SSSR count). The molecule has 5 heteroatoms. The molecule has 2 fully saturated rings. The smallest absolute Gasteiger partial charge is 0.190 e. The van der Waals surface area contributed by atoms with Gasteiger partial charge in [0.05, 0.1) is 12.7 Å². The van der Waals surface area contributed by atoms with Gasteiger partial charge in [-0.05, 0) is 17.5 Å². The van der Waals surface area contributed by atoms with Gasteiger partial charge in [0.15, 0.2) is 12.6 Å². The summed E-state index contributed by atoms with van der Waals surface area (Å²) >= 11 is 6.26. The van der Waals surface area contributed by atoms with Gasteiger partial charge in [-0.2, -0.15) is 0 Å². The Balaban J connectivity index is 1.49. The Morgan fingerprint density at radius 2 is 1.69 bits per heavy atom. The van der Waals surface area contributed by atoms with E-state index >= 15 is 0 Å². The Labute approximate surface area is 159 Å². The molecule has 2 aromatic rings. The van der Waals surface area contributed by atoms with Crippen LogP contribution in [0.15, 0.2) is 54.6 Å². The minimum atomic E-state index is -0.425. The molecule has 5 atom stereocenters. The molecule has 0 saturated carbocycles. The molecule has 2 heterocycles. The molecule has 2 aliphatic rings. The molecule has 0 N–H and O–H groups in total. The number of hydrogen-bond acceptors (Lipinski definition) is 4. The third-order valence-electron chi connectivity index (χ3n) is 4.86. The van der Waals surface area contributed by atoms with Crippen LogP contribution in [0.25, 0.3) is 0 Å². The van der Waals surface area contributed by atoms with Crippen LogP contribution in [0.4, 0.5) is 0 Å². The molecule has 2 saturated heterocycles. The topological polar surface area (TPSA) is 36.9 Å². The molecule has 26 heavy (non-hydrogen) atoms. The lowest BCUT2D eigenvalue weighted by atomic mass is 10.0. The minimum absolute atomic E-state index is 0.0794. The van der Waals surface area contributed by atoms with Gasteiger partial charge in [-0.1, -0.05) is 74.0 Å². The van der Waals surface area contributed by atoms with Crippen LogP contribution in [0.2, 0.25) is 5.02 Å². The fourth-order valence-electron chi connectivity index (χ4n) is 3.49. The highest BCUT2D eigenvalue weighted by atomic mass is 35.5. The molecule has 0 aromatic heterocycles. The van der Waals surface area contributed by atoms with Gasteiger partial charge in [0, 0.05) is 10.6 Å². The average Bonchev–Trinajstić information content (AvgIpc) is 3.20.